The Labute approximate surface area is 236 Å². The summed E-state index contributed by atoms with van der Waals surface area (Å²) in [6.45, 7) is 0.272. The van der Waals surface area contributed by atoms with Crippen molar-refractivity contribution in [2.24, 2.45) is 10.9 Å². The predicted octanol–water partition coefficient (Wildman–Crippen LogP) is 5.08. The quantitative estimate of drug-likeness (QED) is 0.301. The minimum Gasteiger partial charge on any atom is -0.481 e. The first-order valence-corrected chi connectivity index (χ1v) is 13.4. The number of alkyl halides is 3. The summed E-state index contributed by atoms with van der Waals surface area (Å²) in [4.78, 5) is 25.9. The molecule has 4 aromatic heterocycles. The van der Waals surface area contributed by atoms with Crippen molar-refractivity contribution in [3.63, 3.8) is 0 Å². The zero-order chi connectivity index (χ0) is 29.0. The molecule has 0 radical (unpaired) electrons. The fourth-order valence-corrected chi connectivity index (χ4v) is 4.95. The number of hydrogen-bond donors (Lipinski definition) is 1. The second kappa shape index (κ2) is 10.0. The van der Waals surface area contributed by atoms with E-state index in [0.29, 0.717) is 59.3 Å². The van der Waals surface area contributed by atoms with E-state index in [1.807, 2.05) is 0 Å². The Hall–Kier alpha value is -4.62. The van der Waals surface area contributed by atoms with Gasteiger partial charge in [0.1, 0.15) is 24.5 Å². The van der Waals surface area contributed by atoms with Gasteiger partial charge in [-0.3, -0.25) is 0 Å². The number of allylic oxidation sites excluding steroid dienone is 1. The van der Waals surface area contributed by atoms with Gasteiger partial charge in [-0.25, -0.2) is 29.3 Å². The molecule has 0 aromatic carbocycles. The van der Waals surface area contributed by atoms with Gasteiger partial charge in [0.25, 0.3) is 0 Å². The molecule has 0 spiro atoms. The normalized spacial score (nSPS) is 17.3. The van der Waals surface area contributed by atoms with E-state index in [2.05, 4.69) is 35.2 Å². The molecule has 2 saturated carbocycles. The van der Waals surface area contributed by atoms with Crippen LogP contribution >= 0.6 is 0 Å². The molecule has 2 aliphatic carbocycles. The van der Waals surface area contributed by atoms with E-state index in [-0.39, 0.29) is 30.0 Å². The number of nitrogens with zero attached hydrogens (tertiary/aromatic N) is 7. The molecule has 14 heteroatoms. The predicted molar refractivity (Wildman–Crippen MR) is 142 cm³/mol. The van der Waals surface area contributed by atoms with Gasteiger partial charge >= 0.3 is 6.18 Å². The van der Waals surface area contributed by atoms with Crippen LogP contribution in [0.25, 0.3) is 28.1 Å². The van der Waals surface area contributed by atoms with Gasteiger partial charge in [0.05, 0.1) is 12.5 Å². The average molecular weight is 581 g/mol. The minimum atomic E-state index is -4.65. The average Bonchev–Trinajstić information content (AvgIpc) is 3.93. The Bertz CT molecular complexity index is 1760. The molecule has 0 amide bonds. The van der Waals surface area contributed by atoms with Gasteiger partial charge < -0.3 is 19.4 Å². The molecule has 0 bridgehead atoms. The molecule has 0 unspecified atom stereocenters. The van der Waals surface area contributed by atoms with Gasteiger partial charge in [-0.05, 0) is 49.8 Å². The number of methoxy groups -OCH3 is 1. The lowest BCUT2D eigenvalue weighted by molar-refractivity contribution is -0.140. The molecule has 7 rings (SSSR count). The Morgan fingerprint density at radius 3 is 2.64 bits per heavy atom. The fraction of sp³-hybridized carbons (Fsp3) is 0.357. The van der Waals surface area contributed by atoms with E-state index in [4.69, 9.17) is 9.47 Å². The molecular formula is C28H24F4N8O2. The Balaban J connectivity index is 1.20. The largest absolute Gasteiger partial charge is 0.481 e. The van der Waals surface area contributed by atoms with Crippen molar-refractivity contribution in [3.05, 3.63) is 65.4 Å². The maximum Gasteiger partial charge on any atom is 0.434 e. The van der Waals surface area contributed by atoms with Crippen molar-refractivity contribution in [2.75, 3.05) is 13.8 Å². The lowest BCUT2D eigenvalue weighted by atomic mass is 10.1. The molecule has 10 nitrogen and oxygen atoms in total. The number of pyridine rings is 2. The van der Waals surface area contributed by atoms with Crippen molar-refractivity contribution in [2.45, 2.75) is 44.5 Å². The van der Waals surface area contributed by atoms with Crippen LogP contribution in [0.2, 0.25) is 0 Å². The minimum absolute atomic E-state index is 0.118. The first-order valence-electron chi connectivity index (χ1n) is 13.4. The van der Waals surface area contributed by atoms with Gasteiger partial charge in [0, 0.05) is 35.9 Å². The summed E-state index contributed by atoms with van der Waals surface area (Å²) in [5, 5.41) is 3.87. The number of ether oxygens (including phenoxy) is 2. The molecular weight excluding hydrogens is 556 g/mol. The van der Waals surface area contributed by atoms with Crippen LogP contribution in [-0.2, 0) is 17.5 Å². The monoisotopic (exact) mass is 580 g/mol. The molecule has 2 fully saturated rings. The first kappa shape index (κ1) is 26.3. The van der Waals surface area contributed by atoms with Crippen LogP contribution in [0.1, 0.15) is 48.8 Å². The second-order valence-corrected chi connectivity index (χ2v) is 10.3. The van der Waals surface area contributed by atoms with Gasteiger partial charge in [-0.2, -0.15) is 18.2 Å². The molecule has 216 valence electrons. The van der Waals surface area contributed by atoms with E-state index in [0.717, 1.165) is 24.7 Å². The molecule has 3 aliphatic rings. The van der Waals surface area contributed by atoms with Gasteiger partial charge in [0.15, 0.2) is 28.8 Å². The van der Waals surface area contributed by atoms with Crippen LogP contribution in [0.5, 0.6) is 5.88 Å². The molecule has 5 heterocycles. The maximum atomic E-state index is 15.3. The summed E-state index contributed by atoms with van der Waals surface area (Å²) in [7, 11) is 1.54. The summed E-state index contributed by atoms with van der Waals surface area (Å²) >= 11 is 0. The number of rotatable bonds is 7. The van der Waals surface area contributed by atoms with E-state index in [9.17, 15) is 13.2 Å². The summed E-state index contributed by atoms with van der Waals surface area (Å²) in [6.07, 6.45) is 2.70. The number of aliphatic imine (C=N–C) groups is 1. The topological polar surface area (TPSA) is 112 Å². The van der Waals surface area contributed by atoms with Crippen molar-refractivity contribution >= 4 is 22.5 Å². The fourth-order valence-electron chi connectivity index (χ4n) is 4.95. The van der Waals surface area contributed by atoms with E-state index in [1.54, 1.807) is 18.3 Å². The number of fused-ring (bicyclic) bond motifs is 1. The highest BCUT2D eigenvalue weighted by Crippen LogP contribution is 2.42. The highest BCUT2D eigenvalue weighted by atomic mass is 19.4. The van der Waals surface area contributed by atoms with Crippen LogP contribution in [0.4, 0.5) is 17.6 Å². The molecule has 1 aliphatic heterocycles. The third kappa shape index (κ3) is 4.90. The van der Waals surface area contributed by atoms with Crippen molar-refractivity contribution < 1.29 is 27.0 Å². The Morgan fingerprint density at radius 2 is 1.93 bits per heavy atom. The van der Waals surface area contributed by atoms with Crippen molar-refractivity contribution in [1.82, 2.24) is 34.8 Å². The van der Waals surface area contributed by atoms with Crippen LogP contribution < -0.4 is 10.1 Å². The zero-order valence-electron chi connectivity index (χ0n) is 22.3. The van der Waals surface area contributed by atoms with Crippen LogP contribution in [0.15, 0.2) is 47.5 Å². The van der Waals surface area contributed by atoms with E-state index >= 15 is 4.39 Å². The summed E-state index contributed by atoms with van der Waals surface area (Å²) in [5.74, 6) is 0.345. The van der Waals surface area contributed by atoms with Gasteiger partial charge in [-0.1, -0.05) is 0 Å². The number of imidazole rings is 1. The maximum absolute atomic E-state index is 15.3. The van der Waals surface area contributed by atoms with Crippen LogP contribution in [0, 0.1) is 11.7 Å². The SMILES string of the molecule is COC1=NCNC(C2CC2)=C1c1nc(OCc2cnc(-c3nc(C(F)(F)F)cn3C3CC3)c(F)c2)c2cccnc2n1. The smallest absolute Gasteiger partial charge is 0.434 e. The summed E-state index contributed by atoms with van der Waals surface area (Å²) in [6, 6.07) is 4.52. The van der Waals surface area contributed by atoms with E-state index in [1.165, 1.54) is 23.9 Å². The highest BCUT2D eigenvalue weighted by Gasteiger charge is 2.38. The number of hydrogen-bond acceptors (Lipinski definition) is 9. The molecule has 1 N–H and O–H groups in total. The Morgan fingerprint density at radius 1 is 1.10 bits per heavy atom. The third-order valence-electron chi connectivity index (χ3n) is 7.26. The van der Waals surface area contributed by atoms with E-state index < -0.39 is 17.7 Å². The molecule has 0 atom stereocenters. The summed E-state index contributed by atoms with van der Waals surface area (Å²) in [5.41, 5.74) is 1.02. The Kier molecular flexibility index (Phi) is 6.28. The number of halogens is 4. The van der Waals surface area contributed by atoms with Gasteiger partial charge in [-0.15, -0.1) is 0 Å². The van der Waals surface area contributed by atoms with Crippen molar-refractivity contribution in [3.8, 4) is 17.4 Å². The van der Waals surface area contributed by atoms with Crippen LogP contribution in [-0.4, -0.2) is 49.2 Å². The number of nitrogens with one attached hydrogen (secondary N) is 1. The van der Waals surface area contributed by atoms with Crippen molar-refractivity contribution in [1.29, 1.82) is 0 Å². The summed E-state index contributed by atoms with van der Waals surface area (Å²) < 4.78 is 68.2. The molecule has 42 heavy (non-hydrogen) atoms. The highest BCUT2D eigenvalue weighted by molar-refractivity contribution is 6.20. The zero-order valence-corrected chi connectivity index (χ0v) is 22.3. The lowest BCUT2D eigenvalue weighted by Crippen LogP contribution is -2.27. The third-order valence-corrected chi connectivity index (χ3v) is 7.26. The first-order chi connectivity index (χ1) is 20.3. The van der Waals surface area contributed by atoms with Gasteiger partial charge in [0.2, 0.25) is 11.8 Å². The second-order valence-electron chi connectivity index (χ2n) is 10.3. The molecule has 0 saturated heterocycles. The standard InChI is InChI=1S/C28H24F4N8O2/c1-41-27-20(21(15-4-5-15)35-13-36-27)24-38-23-17(3-2-8-33-23)26(39-24)42-12-14-9-18(29)22(34-10-14)25-37-19(28(30,31)32)11-40(25)16-6-7-16/h2-3,8-11,15-16,35H,4-7,12-13H2,1H3. The molecule has 4 aromatic rings. The lowest BCUT2D eigenvalue weighted by Gasteiger charge is -2.21. The number of aromatic nitrogens is 6. The van der Waals surface area contributed by atoms with Crippen LogP contribution in [0.3, 0.4) is 0 Å².